The van der Waals surface area contributed by atoms with E-state index in [1.807, 2.05) is 11.5 Å². The molecule has 5 nitrogen and oxygen atoms in total. The number of hydrogen-bond acceptors (Lipinski definition) is 5. The molecule has 0 amide bonds. The number of esters is 1. The van der Waals surface area contributed by atoms with Gasteiger partial charge in [-0.1, -0.05) is 17.8 Å². The average molecular weight is 281 g/mol. The van der Waals surface area contributed by atoms with E-state index in [9.17, 15) is 4.79 Å². The van der Waals surface area contributed by atoms with Crippen LogP contribution in [0, 0.1) is 6.92 Å². The summed E-state index contributed by atoms with van der Waals surface area (Å²) in [6.07, 6.45) is 6.25. The maximum atomic E-state index is 11.7. The standard InChI is InChI=1S/C13H19N3O2S/c1-3-8-16-10(2)14-15-13(16)19-9-12(17)18-11-6-4-5-7-11/h3,11H,1,4-9H2,2H3. The lowest BCUT2D eigenvalue weighted by Crippen LogP contribution is -2.16. The zero-order valence-electron chi connectivity index (χ0n) is 11.2. The number of allylic oxidation sites excluding steroid dienone is 1. The van der Waals surface area contributed by atoms with Crippen molar-refractivity contribution in [2.75, 3.05) is 5.75 Å². The SMILES string of the molecule is C=CCn1c(C)nnc1SCC(=O)OC1CCCC1. The van der Waals surface area contributed by atoms with Crippen LogP contribution in [0.5, 0.6) is 0 Å². The fourth-order valence-electron chi connectivity index (χ4n) is 2.16. The first-order valence-electron chi connectivity index (χ1n) is 6.53. The molecule has 1 saturated carbocycles. The van der Waals surface area contributed by atoms with Crippen molar-refractivity contribution in [3.63, 3.8) is 0 Å². The molecule has 0 spiro atoms. The Kier molecular flexibility index (Phi) is 5.01. The predicted molar refractivity (Wildman–Crippen MR) is 74.0 cm³/mol. The van der Waals surface area contributed by atoms with Crippen molar-refractivity contribution in [2.45, 2.75) is 50.4 Å². The predicted octanol–water partition coefficient (Wildman–Crippen LogP) is 2.35. The molecule has 0 bridgehead atoms. The van der Waals surface area contributed by atoms with Gasteiger partial charge in [0, 0.05) is 6.54 Å². The fraction of sp³-hybridized carbons (Fsp3) is 0.615. The third-order valence-corrected chi connectivity index (χ3v) is 4.07. The summed E-state index contributed by atoms with van der Waals surface area (Å²) in [6, 6.07) is 0. The molecule has 0 saturated heterocycles. The van der Waals surface area contributed by atoms with Gasteiger partial charge in [0.15, 0.2) is 5.16 Å². The molecule has 0 radical (unpaired) electrons. The Morgan fingerprint density at radius 3 is 2.95 bits per heavy atom. The average Bonchev–Trinajstić information content (AvgIpc) is 3.00. The Balaban J connectivity index is 1.84. The van der Waals surface area contributed by atoms with Crippen LogP contribution in [-0.2, 0) is 16.1 Å². The number of aryl methyl sites for hydroxylation is 1. The summed E-state index contributed by atoms with van der Waals surface area (Å²) in [5.41, 5.74) is 0. The van der Waals surface area contributed by atoms with E-state index in [1.165, 1.54) is 11.8 Å². The van der Waals surface area contributed by atoms with Crippen molar-refractivity contribution < 1.29 is 9.53 Å². The summed E-state index contributed by atoms with van der Waals surface area (Å²) < 4.78 is 7.33. The lowest BCUT2D eigenvalue weighted by Gasteiger charge is -2.11. The van der Waals surface area contributed by atoms with Crippen molar-refractivity contribution in [1.29, 1.82) is 0 Å². The number of carbonyl (C=O) groups excluding carboxylic acids is 1. The van der Waals surface area contributed by atoms with Gasteiger partial charge in [0.1, 0.15) is 11.9 Å². The van der Waals surface area contributed by atoms with Crippen molar-refractivity contribution in [1.82, 2.24) is 14.8 Å². The van der Waals surface area contributed by atoms with Gasteiger partial charge in [-0.2, -0.15) is 0 Å². The molecule has 1 aromatic rings. The molecule has 0 N–H and O–H groups in total. The number of nitrogens with zero attached hydrogens (tertiary/aromatic N) is 3. The van der Waals surface area contributed by atoms with Crippen molar-refractivity contribution in [3.8, 4) is 0 Å². The van der Waals surface area contributed by atoms with Crippen LogP contribution in [-0.4, -0.2) is 32.6 Å². The molecule has 0 aromatic carbocycles. The second-order valence-corrected chi connectivity index (χ2v) is 5.56. The van der Waals surface area contributed by atoms with Crippen LogP contribution in [0.3, 0.4) is 0 Å². The lowest BCUT2D eigenvalue weighted by molar-refractivity contribution is -0.145. The molecule has 1 aliphatic carbocycles. The van der Waals surface area contributed by atoms with Gasteiger partial charge in [-0.05, 0) is 32.6 Å². The molecule has 1 aliphatic rings. The lowest BCUT2D eigenvalue weighted by atomic mass is 10.3. The Bertz CT molecular complexity index is 453. The first-order chi connectivity index (χ1) is 9.20. The monoisotopic (exact) mass is 281 g/mol. The molecular formula is C13H19N3O2S. The summed E-state index contributed by atoms with van der Waals surface area (Å²) in [7, 11) is 0. The summed E-state index contributed by atoms with van der Waals surface area (Å²) in [5, 5.41) is 8.80. The van der Waals surface area contributed by atoms with Crippen LogP contribution in [0.25, 0.3) is 0 Å². The molecule has 0 unspecified atom stereocenters. The minimum absolute atomic E-state index is 0.126. The zero-order chi connectivity index (χ0) is 13.7. The highest BCUT2D eigenvalue weighted by molar-refractivity contribution is 7.99. The molecule has 1 fully saturated rings. The number of rotatable bonds is 6. The highest BCUT2D eigenvalue weighted by atomic mass is 32.2. The molecule has 1 aromatic heterocycles. The van der Waals surface area contributed by atoms with E-state index in [0.717, 1.165) is 36.7 Å². The number of aromatic nitrogens is 3. The topological polar surface area (TPSA) is 57.0 Å². The van der Waals surface area contributed by atoms with Crippen LogP contribution in [0.4, 0.5) is 0 Å². The van der Waals surface area contributed by atoms with E-state index in [0.29, 0.717) is 6.54 Å². The van der Waals surface area contributed by atoms with Crippen LogP contribution >= 0.6 is 11.8 Å². The third-order valence-electron chi connectivity index (χ3n) is 3.13. The zero-order valence-corrected chi connectivity index (χ0v) is 12.0. The van der Waals surface area contributed by atoms with Gasteiger partial charge in [0.05, 0.1) is 5.75 Å². The maximum absolute atomic E-state index is 11.7. The first kappa shape index (κ1) is 14.1. The van der Waals surface area contributed by atoms with Crippen molar-refractivity contribution in [3.05, 3.63) is 18.5 Å². The van der Waals surface area contributed by atoms with Gasteiger partial charge >= 0.3 is 5.97 Å². The van der Waals surface area contributed by atoms with E-state index in [1.54, 1.807) is 6.08 Å². The summed E-state index contributed by atoms with van der Waals surface area (Å²) in [4.78, 5) is 11.7. The van der Waals surface area contributed by atoms with Crippen molar-refractivity contribution >= 4 is 17.7 Å². The number of ether oxygens (including phenoxy) is 1. The van der Waals surface area contributed by atoms with E-state index in [-0.39, 0.29) is 17.8 Å². The normalized spacial score (nSPS) is 15.6. The van der Waals surface area contributed by atoms with Gasteiger partial charge in [-0.25, -0.2) is 0 Å². The fourth-order valence-corrected chi connectivity index (χ4v) is 2.93. The Hall–Kier alpha value is -1.30. The molecule has 0 atom stereocenters. The largest absolute Gasteiger partial charge is 0.462 e. The highest BCUT2D eigenvalue weighted by Crippen LogP contribution is 2.22. The number of hydrogen-bond donors (Lipinski definition) is 0. The van der Waals surface area contributed by atoms with E-state index in [2.05, 4.69) is 16.8 Å². The van der Waals surface area contributed by atoms with Crippen molar-refractivity contribution in [2.24, 2.45) is 0 Å². The Labute approximate surface area is 117 Å². The third kappa shape index (κ3) is 3.83. The van der Waals surface area contributed by atoms with Gasteiger partial charge in [0.25, 0.3) is 0 Å². The van der Waals surface area contributed by atoms with Crippen LogP contribution in [0.1, 0.15) is 31.5 Å². The molecule has 2 rings (SSSR count). The molecule has 104 valence electrons. The maximum Gasteiger partial charge on any atom is 0.316 e. The number of carbonyl (C=O) groups is 1. The second-order valence-electron chi connectivity index (χ2n) is 4.61. The summed E-state index contributed by atoms with van der Waals surface area (Å²) in [5.74, 6) is 0.945. The molecule has 19 heavy (non-hydrogen) atoms. The van der Waals surface area contributed by atoms with Gasteiger partial charge in [0.2, 0.25) is 0 Å². The van der Waals surface area contributed by atoms with Gasteiger partial charge < -0.3 is 9.30 Å². The Morgan fingerprint density at radius 1 is 1.53 bits per heavy atom. The smallest absolute Gasteiger partial charge is 0.316 e. The van der Waals surface area contributed by atoms with Gasteiger partial charge in [-0.15, -0.1) is 16.8 Å². The summed E-state index contributed by atoms with van der Waals surface area (Å²) in [6.45, 7) is 6.24. The molecular weight excluding hydrogens is 262 g/mol. The first-order valence-corrected chi connectivity index (χ1v) is 7.52. The van der Waals surface area contributed by atoms with E-state index in [4.69, 9.17) is 4.74 Å². The van der Waals surface area contributed by atoms with Gasteiger partial charge in [-0.3, -0.25) is 4.79 Å². The van der Waals surface area contributed by atoms with Crippen LogP contribution in [0.15, 0.2) is 17.8 Å². The van der Waals surface area contributed by atoms with Crippen LogP contribution < -0.4 is 0 Å². The van der Waals surface area contributed by atoms with E-state index >= 15 is 0 Å². The highest BCUT2D eigenvalue weighted by Gasteiger charge is 2.19. The number of thioether (sulfide) groups is 1. The minimum Gasteiger partial charge on any atom is -0.462 e. The second kappa shape index (κ2) is 6.75. The minimum atomic E-state index is -0.164. The molecule has 1 heterocycles. The van der Waals surface area contributed by atoms with E-state index < -0.39 is 0 Å². The molecule has 0 aliphatic heterocycles. The molecule has 6 heteroatoms. The Morgan fingerprint density at radius 2 is 2.26 bits per heavy atom. The van der Waals surface area contributed by atoms with Crippen LogP contribution in [0.2, 0.25) is 0 Å². The quantitative estimate of drug-likeness (QED) is 0.455. The summed E-state index contributed by atoms with van der Waals surface area (Å²) >= 11 is 1.37.